The fraction of sp³-hybridized carbons (Fsp3) is 0.600. The first-order valence-corrected chi connectivity index (χ1v) is 6.49. The summed E-state index contributed by atoms with van der Waals surface area (Å²) in [6.07, 6.45) is 2.01. The second-order valence-electron chi connectivity index (χ2n) is 5.39. The van der Waals surface area contributed by atoms with E-state index in [0.29, 0.717) is 18.4 Å². The van der Waals surface area contributed by atoms with Gasteiger partial charge in [-0.1, -0.05) is 19.9 Å². The molecule has 2 rings (SSSR count). The van der Waals surface area contributed by atoms with Crippen molar-refractivity contribution in [2.45, 2.75) is 45.6 Å². The average molecular weight is 234 g/mol. The zero-order chi connectivity index (χ0) is 12.4. The normalized spacial score (nSPS) is 17.2. The molecular weight excluding hydrogens is 212 g/mol. The largest absolute Gasteiger partial charge is 0.491 e. The maximum atomic E-state index is 9.74. The molecule has 1 saturated carbocycles. The lowest BCUT2D eigenvalue weighted by Gasteiger charge is -2.14. The van der Waals surface area contributed by atoms with Crippen molar-refractivity contribution in [3.8, 4) is 5.75 Å². The van der Waals surface area contributed by atoms with Crippen LogP contribution in [0.5, 0.6) is 5.75 Å². The summed E-state index contributed by atoms with van der Waals surface area (Å²) in [5, 5.41) is 9.74. The van der Waals surface area contributed by atoms with Crippen LogP contribution in [0.15, 0.2) is 18.2 Å². The summed E-state index contributed by atoms with van der Waals surface area (Å²) < 4.78 is 5.63. The Bertz CT molecular complexity index is 381. The molecule has 1 aliphatic rings. The number of benzene rings is 1. The summed E-state index contributed by atoms with van der Waals surface area (Å²) >= 11 is 0. The van der Waals surface area contributed by atoms with Gasteiger partial charge in [0.1, 0.15) is 12.4 Å². The zero-order valence-corrected chi connectivity index (χ0v) is 10.9. The molecule has 1 fully saturated rings. The molecule has 1 aromatic carbocycles. The van der Waals surface area contributed by atoms with E-state index in [4.69, 9.17) is 4.74 Å². The van der Waals surface area contributed by atoms with E-state index in [2.05, 4.69) is 32.9 Å². The van der Waals surface area contributed by atoms with Crippen LogP contribution < -0.4 is 4.74 Å². The number of ether oxygens (including phenoxy) is 1. The predicted molar refractivity (Wildman–Crippen MR) is 69.5 cm³/mol. The van der Waals surface area contributed by atoms with Gasteiger partial charge in [-0.2, -0.15) is 0 Å². The standard InChI is InChI=1S/C15H22O2/c1-10(2)14-7-6-13(8-11(14)3)17-9-15(16)12-4-5-12/h6-8,10,12,15-16H,4-5,9H2,1-3H3. The second-order valence-corrected chi connectivity index (χ2v) is 5.39. The highest BCUT2D eigenvalue weighted by Crippen LogP contribution is 2.33. The Morgan fingerprint density at radius 3 is 2.59 bits per heavy atom. The van der Waals surface area contributed by atoms with Crippen molar-refractivity contribution in [3.05, 3.63) is 29.3 Å². The third kappa shape index (κ3) is 3.22. The van der Waals surface area contributed by atoms with Gasteiger partial charge >= 0.3 is 0 Å². The Hall–Kier alpha value is -1.02. The van der Waals surface area contributed by atoms with Gasteiger partial charge in [0.25, 0.3) is 0 Å². The van der Waals surface area contributed by atoms with Crippen LogP contribution in [0.2, 0.25) is 0 Å². The molecule has 0 bridgehead atoms. The highest BCUT2D eigenvalue weighted by atomic mass is 16.5. The molecule has 1 aliphatic carbocycles. The molecule has 0 radical (unpaired) electrons. The summed E-state index contributed by atoms with van der Waals surface area (Å²) in [5.74, 6) is 1.89. The number of hydrogen-bond donors (Lipinski definition) is 1. The Morgan fingerprint density at radius 1 is 1.35 bits per heavy atom. The van der Waals surface area contributed by atoms with Crippen LogP contribution in [-0.4, -0.2) is 17.8 Å². The predicted octanol–water partition coefficient (Wildman–Crippen LogP) is 3.27. The van der Waals surface area contributed by atoms with Crippen molar-refractivity contribution in [2.24, 2.45) is 5.92 Å². The molecule has 1 unspecified atom stereocenters. The SMILES string of the molecule is Cc1cc(OCC(O)C2CC2)ccc1C(C)C. The minimum Gasteiger partial charge on any atom is -0.491 e. The second kappa shape index (κ2) is 5.09. The number of aryl methyl sites for hydroxylation is 1. The number of aliphatic hydroxyl groups excluding tert-OH is 1. The van der Waals surface area contributed by atoms with E-state index >= 15 is 0 Å². The zero-order valence-electron chi connectivity index (χ0n) is 10.9. The lowest BCUT2D eigenvalue weighted by molar-refractivity contribution is 0.0894. The molecule has 17 heavy (non-hydrogen) atoms. The Labute approximate surface area is 104 Å². The van der Waals surface area contributed by atoms with E-state index in [1.807, 2.05) is 6.07 Å². The molecule has 0 aliphatic heterocycles. The van der Waals surface area contributed by atoms with Gasteiger partial charge in [-0.25, -0.2) is 0 Å². The fourth-order valence-electron chi connectivity index (χ4n) is 2.18. The molecule has 0 saturated heterocycles. The van der Waals surface area contributed by atoms with E-state index < -0.39 is 0 Å². The first-order valence-electron chi connectivity index (χ1n) is 6.49. The molecule has 2 heteroatoms. The van der Waals surface area contributed by atoms with Gasteiger partial charge in [-0.05, 0) is 54.9 Å². The Morgan fingerprint density at radius 2 is 2.06 bits per heavy atom. The molecular formula is C15H22O2. The average Bonchev–Trinajstić information content (AvgIpc) is 3.09. The van der Waals surface area contributed by atoms with E-state index in [1.165, 1.54) is 11.1 Å². The van der Waals surface area contributed by atoms with E-state index in [0.717, 1.165) is 18.6 Å². The van der Waals surface area contributed by atoms with Crippen LogP contribution in [0.3, 0.4) is 0 Å². The number of hydrogen-bond acceptors (Lipinski definition) is 2. The van der Waals surface area contributed by atoms with Gasteiger partial charge in [0.05, 0.1) is 6.10 Å². The molecule has 0 aromatic heterocycles. The van der Waals surface area contributed by atoms with Gasteiger partial charge < -0.3 is 9.84 Å². The van der Waals surface area contributed by atoms with Crippen molar-refractivity contribution < 1.29 is 9.84 Å². The summed E-state index contributed by atoms with van der Waals surface area (Å²) in [4.78, 5) is 0. The van der Waals surface area contributed by atoms with E-state index in [9.17, 15) is 5.11 Å². The van der Waals surface area contributed by atoms with Crippen molar-refractivity contribution in [1.29, 1.82) is 0 Å². The third-order valence-electron chi connectivity index (χ3n) is 3.45. The van der Waals surface area contributed by atoms with Gasteiger partial charge in [0.2, 0.25) is 0 Å². The number of rotatable bonds is 5. The lowest BCUT2D eigenvalue weighted by atomic mass is 9.98. The van der Waals surface area contributed by atoms with Crippen LogP contribution >= 0.6 is 0 Å². The Kier molecular flexibility index (Phi) is 3.72. The maximum Gasteiger partial charge on any atom is 0.119 e. The smallest absolute Gasteiger partial charge is 0.119 e. The highest BCUT2D eigenvalue weighted by molar-refractivity contribution is 5.36. The van der Waals surface area contributed by atoms with E-state index in [1.54, 1.807) is 0 Å². The summed E-state index contributed by atoms with van der Waals surface area (Å²) in [7, 11) is 0. The van der Waals surface area contributed by atoms with Crippen LogP contribution in [0.4, 0.5) is 0 Å². The van der Waals surface area contributed by atoms with Crippen molar-refractivity contribution >= 4 is 0 Å². The molecule has 0 amide bonds. The molecule has 1 N–H and O–H groups in total. The van der Waals surface area contributed by atoms with Gasteiger partial charge in [-0.3, -0.25) is 0 Å². The molecule has 1 aromatic rings. The first kappa shape index (κ1) is 12.4. The molecule has 0 spiro atoms. The van der Waals surface area contributed by atoms with Gasteiger partial charge in [0, 0.05) is 0 Å². The van der Waals surface area contributed by atoms with Crippen molar-refractivity contribution in [3.63, 3.8) is 0 Å². The monoisotopic (exact) mass is 234 g/mol. The highest BCUT2D eigenvalue weighted by Gasteiger charge is 2.30. The molecule has 1 atom stereocenters. The minimum absolute atomic E-state index is 0.292. The summed E-state index contributed by atoms with van der Waals surface area (Å²) in [6, 6.07) is 6.19. The van der Waals surface area contributed by atoms with Crippen molar-refractivity contribution in [1.82, 2.24) is 0 Å². The quantitative estimate of drug-likeness (QED) is 0.847. The van der Waals surface area contributed by atoms with Gasteiger partial charge in [0.15, 0.2) is 0 Å². The minimum atomic E-state index is -0.292. The van der Waals surface area contributed by atoms with Crippen LogP contribution in [-0.2, 0) is 0 Å². The molecule has 2 nitrogen and oxygen atoms in total. The molecule has 0 heterocycles. The van der Waals surface area contributed by atoms with Crippen molar-refractivity contribution in [2.75, 3.05) is 6.61 Å². The topological polar surface area (TPSA) is 29.5 Å². The van der Waals surface area contributed by atoms with Crippen LogP contribution in [0.25, 0.3) is 0 Å². The summed E-state index contributed by atoms with van der Waals surface area (Å²) in [6.45, 7) is 6.92. The van der Waals surface area contributed by atoms with Crippen LogP contribution in [0.1, 0.15) is 43.7 Å². The fourth-order valence-corrected chi connectivity index (χ4v) is 2.18. The maximum absolute atomic E-state index is 9.74. The van der Waals surface area contributed by atoms with Gasteiger partial charge in [-0.15, -0.1) is 0 Å². The lowest BCUT2D eigenvalue weighted by Crippen LogP contribution is -2.19. The first-order chi connectivity index (χ1) is 8.08. The number of aliphatic hydroxyl groups is 1. The van der Waals surface area contributed by atoms with E-state index in [-0.39, 0.29) is 6.10 Å². The third-order valence-corrected chi connectivity index (χ3v) is 3.45. The van der Waals surface area contributed by atoms with Crippen LogP contribution in [0, 0.1) is 12.8 Å². The Balaban J connectivity index is 1.94. The molecule has 94 valence electrons. The summed E-state index contributed by atoms with van der Waals surface area (Å²) in [5.41, 5.74) is 2.62.